The number of fused-ring (bicyclic) bond motifs is 10. The maximum atomic E-state index is 6.21. The maximum Gasteiger partial charge on any atom is 0.136 e. The third-order valence-electron chi connectivity index (χ3n) is 6.80. The Morgan fingerprint density at radius 1 is 0.515 bits per heavy atom. The fraction of sp³-hybridized carbons (Fsp3) is 0. The second kappa shape index (κ2) is 6.25. The molecule has 0 N–H and O–H groups in total. The Labute approximate surface area is 192 Å². The summed E-state index contributed by atoms with van der Waals surface area (Å²) in [6, 6.07) is 36.9. The van der Waals surface area contributed by atoms with Crippen molar-refractivity contribution >= 4 is 75.3 Å². The molecular weight excluding hydrogens is 422 g/mol. The number of aromatic nitrogens is 1. The lowest BCUT2D eigenvalue weighted by Gasteiger charge is -2.08. The number of furan rings is 1. The van der Waals surface area contributed by atoms with E-state index in [4.69, 9.17) is 4.42 Å². The lowest BCUT2D eigenvalue weighted by atomic mass is 10.1. The molecule has 33 heavy (non-hydrogen) atoms. The quantitative estimate of drug-likeness (QED) is 0.249. The standard InChI is InChI=1S/C30H17NOS/c1-4-10-23-20(8-1)29-24(14-15-26-30(29)21-9-2-5-11-25(21)32-26)31(23)18-13-16-28-22(17-18)19-7-3-6-12-27(19)33-28/h1-17H. The second-order valence-electron chi connectivity index (χ2n) is 8.56. The summed E-state index contributed by atoms with van der Waals surface area (Å²) in [5.41, 5.74) is 5.47. The Morgan fingerprint density at radius 3 is 2.21 bits per heavy atom. The van der Waals surface area contributed by atoms with E-state index in [1.807, 2.05) is 17.4 Å². The van der Waals surface area contributed by atoms with Gasteiger partial charge in [0.15, 0.2) is 0 Å². The monoisotopic (exact) mass is 439 g/mol. The van der Waals surface area contributed by atoms with Crippen molar-refractivity contribution in [2.45, 2.75) is 0 Å². The fourth-order valence-electron chi connectivity index (χ4n) is 5.41. The van der Waals surface area contributed by atoms with Crippen molar-refractivity contribution in [1.82, 2.24) is 4.57 Å². The summed E-state index contributed by atoms with van der Waals surface area (Å²) in [7, 11) is 0. The molecule has 0 unspecified atom stereocenters. The number of para-hydroxylation sites is 2. The van der Waals surface area contributed by atoms with Crippen LogP contribution >= 0.6 is 11.3 Å². The fourth-order valence-corrected chi connectivity index (χ4v) is 6.49. The molecule has 0 amide bonds. The van der Waals surface area contributed by atoms with Crippen LogP contribution in [-0.4, -0.2) is 4.57 Å². The van der Waals surface area contributed by atoms with Gasteiger partial charge in [0.1, 0.15) is 11.2 Å². The predicted molar refractivity (Wildman–Crippen MR) is 141 cm³/mol. The van der Waals surface area contributed by atoms with E-state index in [0.29, 0.717) is 0 Å². The van der Waals surface area contributed by atoms with Crippen molar-refractivity contribution in [2.75, 3.05) is 0 Å². The molecular formula is C30H17NOS. The number of nitrogens with zero attached hydrogens (tertiary/aromatic N) is 1. The Hall–Kier alpha value is -4.08. The van der Waals surface area contributed by atoms with Crippen LogP contribution in [0.2, 0.25) is 0 Å². The molecule has 8 rings (SSSR count). The van der Waals surface area contributed by atoms with E-state index in [2.05, 4.69) is 102 Å². The van der Waals surface area contributed by atoms with Crippen molar-refractivity contribution in [3.05, 3.63) is 103 Å². The zero-order chi connectivity index (χ0) is 21.5. The minimum atomic E-state index is 0.933. The Morgan fingerprint density at radius 2 is 1.27 bits per heavy atom. The van der Waals surface area contributed by atoms with Gasteiger partial charge in [0, 0.05) is 47.4 Å². The average Bonchev–Trinajstić information content (AvgIpc) is 3.52. The Kier molecular flexibility index (Phi) is 3.31. The molecule has 5 aromatic carbocycles. The molecule has 0 aliphatic heterocycles. The van der Waals surface area contributed by atoms with Crippen LogP contribution in [0.1, 0.15) is 0 Å². The molecule has 0 aliphatic rings. The molecule has 8 aromatic rings. The van der Waals surface area contributed by atoms with E-state index in [9.17, 15) is 0 Å². The van der Waals surface area contributed by atoms with Gasteiger partial charge in [-0.3, -0.25) is 0 Å². The third-order valence-corrected chi connectivity index (χ3v) is 7.95. The largest absolute Gasteiger partial charge is 0.456 e. The van der Waals surface area contributed by atoms with E-state index in [-0.39, 0.29) is 0 Å². The van der Waals surface area contributed by atoms with Crippen LogP contribution in [-0.2, 0) is 0 Å². The third kappa shape index (κ3) is 2.27. The highest BCUT2D eigenvalue weighted by Crippen LogP contribution is 2.42. The summed E-state index contributed by atoms with van der Waals surface area (Å²) in [5.74, 6) is 0. The van der Waals surface area contributed by atoms with Gasteiger partial charge >= 0.3 is 0 Å². The SMILES string of the molecule is c1ccc2c(c1)oc1ccc3c(c4ccccc4n3-c3ccc4sc5ccccc5c4c3)c12. The predicted octanol–water partition coefficient (Wildman–Crippen LogP) is 9.05. The number of hydrogen-bond donors (Lipinski definition) is 0. The number of rotatable bonds is 1. The number of hydrogen-bond acceptors (Lipinski definition) is 2. The van der Waals surface area contributed by atoms with E-state index < -0.39 is 0 Å². The molecule has 3 aromatic heterocycles. The van der Waals surface area contributed by atoms with Gasteiger partial charge in [0.2, 0.25) is 0 Å². The van der Waals surface area contributed by atoms with Crippen molar-refractivity contribution in [3.8, 4) is 5.69 Å². The molecule has 0 saturated carbocycles. The van der Waals surface area contributed by atoms with Gasteiger partial charge < -0.3 is 8.98 Å². The summed E-state index contributed by atoms with van der Waals surface area (Å²) in [4.78, 5) is 0. The highest BCUT2D eigenvalue weighted by atomic mass is 32.1. The first kappa shape index (κ1) is 17.5. The molecule has 0 fully saturated rings. The summed E-state index contributed by atoms with van der Waals surface area (Å²) in [6.07, 6.45) is 0. The van der Waals surface area contributed by atoms with Gasteiger partial charge in [-0.15, -0.1) is 11.3 Å². The molecule has 0 radical (unpaired) electrons. The molecule has 0 atom stereocenters. The molecule has 3 heterocycles. The van der Waals surface area contributed by atoms with Crippen molar-refractivity contribution < 1.29 is 4.42 Å². The van der Waals surface area contributed by atoms with Gasteiger partial charge in [-0.25, -0.2) is 0 Å². The number of benzene rings is 5. The van der Waals surface area contributed by atoms with E-state index in [1.54, 1.807) is 0 Å². The van der Waals surface area contributed by atoms with Gasteiger partial charge in [0.05, 0.1) is 11.0 Å². The van der Waals surface area contributed by atoms with Crippen molar-refractivity contribution in [2.24, 2.45) is 0 Å². The average molecular weight is 440 g/mol. The second-order valence-corrected chi connectivity index (χ2v) is 9.65. The van der Waals surface area contributed by atoms with Crippen LogP contribution < -0.4 is 0 Å². The summed E-state index contributed by atoms with van der Waals surface area (Å²) < 4.78 is 11.3. The van der Waals surface area contributed by atoms with E-state index >= 15 is 0 Å². The normalized spacial score (nSPS) is 12.2. The first-order valence-electron chi connectivity index (χ1n) is 11.1. The van der Waals surface area contributed by atoms with Crippen LogP contribution in [0.4, 0.5) is 0 Å². The van der Waals surface area contributed by atoms with Gasteiger partial charge in [-0.2, -0.15) is 0 Å². The number of thiophene rings is 1. The molecule has 2 nitrogen and oxygen atoms in total. The van der Waals surface area contributed by atoms with Crippen LogP contribution in [0.5, 0.6) is 0 Å². The van der Waals surface area contributed by atoms with Crippen LogP contribution in [0.3, 0.4) is 0 Å². The maximum absolute atomic E-state index is 6.21. The first-order chi connectivity index (χ1) is 16.4. The molecule has 0 bridgehead atoms. The topological polar surface area (TPSA) is 18.1 Å². The summed E-state index contributed by atoms with van der Waals surface area (Å²) >= 11 is 1.86. The lowest BCUT2D eigenvalue weighted by Crippen LogP contribution is -1.93. The Balaban J connectivity index is 1.55. The van der Waals surface area contributed by atoms with E-state index in [1.165, 1.54) is 58.4 Å². The highest BCUT2D eigenvalue weighted by Gasteiger charge is 2.18. The lowest BCUT2D eigenvalue weighted by molar-refractivity contribution is 0.669. The van der Waals surface area contributed by atoms with Gasteiger partial charge in [-0.1, -0.05) is 54.6 Å². The zero-order valence-corrected chi connectivity index (χ0v) is 18.4. The summed E-state index contributed by atoms with van der Waals surface area (Å²) in [5, 5.41) is 7.50. The first-order valence-corrected chi connectivity index (χ1v) is 11.9. The van der Waals surface area contributed by atoms with Crippen molar-refractivity contribution in [3.63, 3.8) is 0 Å². The van der Waals surface area contributed by atoms with Crippen LogP contribution in [0, 0.1) is 0 Å². The minimum absolute atomic E-state index is 0.933. The zero-order valence-electron chi connectivity index (χ0n) is 17.6. The van der Waals surface area contributed by atoms with Crippen molar-refractivity contribution in [1.29, 1.82) is 0 Å². The highest BCUT2D eigenvalue weighted by molar-refractivity contribution is 7.25. The molecule has 0 saturated heterocycles. The smallest absolute Gasteiger partial charge is 0.136 e. The minimum Gasteiger partial charge on any atom is -0.456 e. The molecule has 3 heteroatoms. The summed E-state index contributed by atoms with van der Waals surface area (Å²) in [6.45, 7) is 0. The van der Waals surface area contributed by atoms with Gasteiger partial charge in [-0.05, 0) is 48.5 Å². The molecule has 154 valence electrons. The van der Waals surface area contributed by atoms with Crippen LogP contribution in [0.15, 0.2) is 108 Å². The molecule has 0 aliphatic carbocycles. The van der Waals surface area contributed by atoms with Gasteiger partial charge in [0.25, 0.3) is 0 Å². The van der Waals surface area contributed by atoms with E-state index in [0.717, 1.165) is 11.2 Å². The van der Waals surface area contributed by atoms with Crippen LogP contribution in [0.25, 0.3) is 69.6 Å². The Bertz CT molecular complexity index is 2040. The molecule has 0 spiro atoms.